The highest BCUT2D eigenvalue weighted by molar-refractivity contribution is 5.96. The van der Waals surface area contributed by atoms with Crippen molar-refractivity contribution < 1.29 is 14.1 Å². The van der Waals surface area contributed by atoms with Crippen LogP contribution in [0.25, 0.3) is 67.0 Å². The fourth-order valence-electron chi connectivity index (χ4n) is 13.5. The third-order valence-corrected chi connectivity index (χ3v) is 15.7. The van der Waals surface area contributed by atoms with Gasteiger partial charge in [0.1, 0.15) is 22.9 Å². The molecule has 306 valence electrons. The van der Waals surface area contributed by atoms with E-state index in [2.05, 4.69) is 228 Å². The summed E-state index contributed by atoms with van der Waals surface area (Å²) in [4.78, 5) is 0. The van der Waals surface area contributed by atoms with Crippen molar-refractivity contribution in [1.29, 1.82) is 0 Å². The number of hydrogen-bond donors (Lipinski definition) is 0. The molecule has 0 N–H and O–H groups in total. The Bertz CT molecular complexity index is 3750. The Balaban J connectivity index is 0.979. The summed E-state index contributed by atoms with van der Waals surface area (Å²) in [5.74, 6) is 1.79. The van der Waals surface area contributed by atoms with Gasteiger partial charge in [0, 0.05) is 13.8 Å². The van der Waals surface area contributed by atoms with Gasteiger partial charge in [0.15, 0.2) is 11.1 Å². The molecule has 10 aromatic rings. The summed E-state index contributed by atoms with van der Waals surface area (Å²) in [7, 11) is 0. The van der Waals surface area contributed by atoms with Crippen LogP contribution in [0.3, 0.4) is 0 Å². The van der Waals surface area contributed by atoms with Gasteiger partial charge < -0.3 is 4.74 Å². The predicted molar refractivity (Wildman–Crippen MR) is 255 cm³/mol. The lowest BCUT2D eigenvalue weighted by molar-refractivity contribution is -1.02. The molecule has 5 heterocycles. The maximum absolute atomic E-state index is 6.93. The van der Waals surface area contributed by atoms with Crippen molar-refractivity contribution in [1.82, 2.24) is 9.36 Å². The molecule has 0 saturated heterocycles. The van der Waals surface area contributed by atoms with E-state index >= 15 is 0 Å². The highest BCUT2D eigenvalue weighted by Crippen LogP contribution is 2.63. The maximum atomic E-state index is 6.93. The smallest absolute Gasteiger partial charge is 0.455 e. The van der Waals surface area contributed by atoms with Crippen molar-refractivity contribution in [2.24, 2.45) is 0 Å². The molecule has 0 amide bonds. The summed E-state index contributed by atoms with van der Waals surface area (Å²) >= 11 is 0. The van der Waals surface area contributed by atoms with Gasteiger partial charge in [-0.05, 0) is 120 Å². The first-order valence-corrected chi connectivity index (χ1v) is 22.8. The topological polar surface area (TPSA) is 26.8 Å². The van der Waals surface area contributed by atoms with Crippen LogP contribution in [0.1, 0.15) is 56.2 Å². The van der Waals surface area contributed by atoms with Crippen molar-refractivity contribution in [3.05, 3.63) is 238 Å². The maximum Gasteiger partial charge on any atom is 0.469 e. The van der Waals surface area contributed by atoms with Crippen LogP contribution in [0.4, 0.5) is 0 Å². The van der Waals surface area contributed by atoms with Gasteiger partial charge in [0.25, 0.3) is 0 Å². The minimum Gasteiger partial charge on any atom is -0.455 e. The molecule has 1 atom stereocenters. The Morgan fingerprint density at radius 2 is 0.815 bits per heavy atom. The van der Waals surface area contributed by atoms with Gasteiger partial charge in [-0.25, -0.2) is 0 Å². The van der Waals surface area contributed by atoms with Gasteiger partial charge in [-0.2, -0.15) is 0 Å². The van der Waals surface area contributed by atoms with Crippen LogP contribution in [0.15, 0.2) is 182 Å². The van der Waals surface area contributed by atoms with E-state index in [-0.39, 0.29) is 5.41 Å². The zero-order chi connectivity index (χ0) is 43.1. The predicted octanol–water partition coefficient (Wildman–Crippen LogP) is 12.5. The summed E-state index contributed by atoms with van der Waals surface area (Å²) < 4.78 is 17.1. The Labute approximate surface area is 377 Å². The van der Waals surface area contributed by atoms with Crippen LogP contribution in [0.2, 0.25) is 0 Å². The first kappa shape index (κ1) is 35.4. The van der Waals surface area contributed by atoms with E-state index in [0.29, 0.717) is 0 Å². The van der Waals surface area contributed by atoms with E-state index in [0.717, 1.165) is 22.9 Å². The van der Waals surface area contributed by atoms with Gasteiger partial charge in [-0.3, -0.25) is 0 Å². The van der Waals surface area contributed by atoms with Gasteiger partial charge in [0.2, 0.25) is 11.4 Å². The summed E-state index contributed by atoms with van der Waals surface area (Å²) in [6.07, 6.45) is 0. The second-order valence-corrected chi connectivity index (χ2v) is 18.5. The minimum absolute atomic E-state index is 0.379. The molecule has 0 saturated carbocycles. The molecule has 0 radical (unpaired) electrons. The molecule has 5 heteroatoms. The normalized spacial score (nSPS) is 16.3. The van der Waals surface area contributed by atoms with Crippen molar-refractivity contribution in [3.63, 3.8) is 0 Å². The average Bonchev–Trinajstić information content (AvgIpc) is 4.14. The van der Waals surface area contributed by atoms with Crippen molar-refractivity contribution in [3.8, 4) is 78.5 Å². The van der Waals surface area contributed by atoms with Gasteiger partial charge >= 0.3 is 5.66 Å². The molecule has 0 bridgehead atoms. The molecule has 65 heavy (non-hydrogen) atoms. The molecule has 3 aliphatic heterocycles. The Morgan fingerprint density at radius 3 is 1.37 bits per heavy atom. The molecule has 8 aromatic carbocycles. The number of rotatable bonds is 3. The largest absolute Gasteiger partial charge is 0.469 e. The molecule has 2 aliphatic carbocycles. The first-order valence-electron chi connectivity index (χ1n) is 22.8. The molecule has 5 aliphatic rings. The van der Waals surface area contributed by atoms with E-state index in [1.165, 1.54) is 112 Å². The number of benzene rings is 8. The molecule has 2 spiro atoms. The Hall–Kier alpha value is -8.02. The van der Waals surface area contributed by atoms with E-state index in [1.54, 1.807) is 0 Å². The highest BCUT2D eigenvalue weighted by Gasteiger charge is 2.75. The van der Waals surface area contributed by atoms with E-state index in [1.807, 2.05) is 0 Å². The third-order valence-electron chi connectivity index (χ3n) is 15.7. The second-order valence-electron chi connectivity index (χ2n) is 18.5. The standard InChI is InChI=1S/C60H42N4O/c1-35-55(41-30-28-40(29-31-41)39-16-6-5-7-17-39)37(3)63-60-57-51(61(35)63)24-14-26-53(57)65-54-27-15-25-52(58(54)60)62-36(2)56(38(4)64(60)62)42-32-33-50-46(34-42)45-20-10-13-23-49(45)59(50)47-21-11-8-18-43(47)44-19-9-12-22-48(44)59/h5-34H,1-4H3/q+2. The van der Waals surface area contributed by atoms with Crippen LogP contribution in [0.5, 0.6) is 11.5 Å². The van der Waals surface area contributed by atoms with Crippen molar-refractivity contribution in [2.45, 2.75) is 38.8 Å². The zero-order valence-electron chi connectivity index (χ0n) is 36.5. The van der Waals surface area contributed by atoms with E-state index in [9.17, 15) is 0 Å². The summed E-state index contributed by atoms with van der Waals surface area (Å²) in [6, 6.07) is 67.5. The lowest BCUT2D eigenvalue weighted by Gasteiger charge is -2.30. The van der Waals surface area contributed by atoms with Crippen LogP contribution >= 0.6 is 0 Å². The molecule has 0 fully saturated rings. The van der Waals surface area contributed by atoms with Crippen LogP contribution in [-0.4, -0.2) is 9.36 Å². The van der Waals surface area contributed by atoms with Crippen LogP contribution in [0, 0.1) is 27.7 Å². The van der Waals surface area contributed by atoms with Gasteiger partial charge in [-0.15, -0.1) is 9.36 Å². The number of ether oxygens (including phenoxy) is 1. The average molecular weight is 835 g/mol. The number of nitrogens with zero attached hydrogens (tertiary/aromatic N) is 4. The molecule has 5 nitrogen and oxygen atoms in total. The molecule has 1 unspecified atom stereocenters. The number of aromatic nitrogens is 4. The Morgan fingerprint density at radius 1 is 0.385 bits per heavy atom. The fraction of sp³-hybridized carbons (Fsp3) is 0.100. The van der Waals surface area contributed by atoms with Gasteiger partial charge in [-0.1, -0.05) is 152 Å². The third kappa shape index (κ3) is 3.92. The second kappa shape index (κ2) is 12.0. The zero-order valence-corrected chi connectivity index (χ0v) is 36.5. The summed E-state index contributed by atoms with van der Waals surface area (Å²) in [5.41, 5.74) is 26.4. The number of fused-ring (bicyclic) bond motifs is 14. The highest BCUT2D eigenvalue weighted by atomic mass is 16.5. The lowest BCUT2D eigenvalue weighted by Crippen LogP contribution is -2.76. The molecule has 15 rings (SSSR count). The minimum atomic E-state index is -0.745. The van der Waals surface area contributed by atoms with E-state index in [4.69, 9.17) is 4.74 Å². The molecule has 2 aromatic heterocycles. The monoisotopic (exact) mass is 834 g/mol. The molecular weight excluding hydrogens is 793 g/mol. The van der Waals surface area contributed by atoms with Crippen molar-refractivity contribution in [2.75, 3.05) is 0 Å². The van der Waals surface area contributed by atoms with Crippen LogP contribution in [-0.2, 0) is 11.1 Å². The lowest BCUT2D eigenvalue weighted by atomic mass is 9.70. The van der Waals surface area contributed by atoms with Gasteiger partial charge in [0.05, 0.1) is 27.9 Å². The Kier molecular flexibility index (Phi) is 6.52. The van der Waals surface area contributed by atoms with Crippen LogP contribution < -0.4 is 14.1 Å². The molecular formula is C60H42N4O+2. The van der Waals surface area contributed by atoms with Crippen molar-refractivity contribution >= 4 is 0 Å². The first-order chi connectivity index (χ1) is 31.9. The summed E-state index contributed by atoms with van der Waals surface area (Å²) in [6.45, 7) is 9.23. The van der Waals surface area contributed by atoms with E-state index < -0.39 is 5.66 Å². The summed E-state index contributed by atoms with van der Waals surface area (Å²) in [5, 5.41) is 0. The SMILES string of the molecule is Cc1c(-c2ccc(-c3ccccc3)cc2)c(C)[n+]2n1-c1cccc3c1C21c2c(cccc2-n2c(C)c(-c4ccc5c(c4)-c4ccccc4C54c5ccccc5-c5ccccc54)c(C)[n+]21)O3. The quantitative estimate of drug-likeness (QED) is 0.163. The number of hydrogen-bond acceptors (Lipinski definition) is 1. The fourth-order valence-corrected chi connectivity index (χ4v) is 13.5.